The summed E-state index contributed by atoms with van der Waals surface area (Å²) in [6, 6.07) is 16.4. The molecule has 130 valence electrons. The van der Waals surface area contributed by atoms with E-state index in [1.807, 2.05) is 29.3 Å². The fourth-order valence-corrected chi connectivity index (χ4v) is 3.31. The van der Waals surface area contributed by atoms with Gasteiger partial charge in [0.05, 0.1) is 16.2 Å². The van der Waals surface area contributed by atoms with Crippen LogP contribution in [0.15, 0.2) is 70.5 Å². The molecule has 26 heavy (non-hydrogen) atoms. The molecule has 0 saturated heterocycles. The first-order valence-corrected chi connectivity index (χ1v) is 9.44. The summed E-state index contributed by atoms with van der Waals surface area (Å²) in [5.74, 6) is 0.586. The summed E-state index contributed by atoms with van der Waals surface area (Å²) < 4.78 is 0.842. The number of anilines is 1. The predicted octanol–water partition coefficient (Wildman–Crippen LogP) is 5.56. The number of benzene rings is 2. The molecule has 1 aliphatic heterocycles. The monoisotopic (exact) mass is 426 g/mol. The Hall–Kier alpha value is -2.24. The maximum Gasteiger partial charge on any atom is 0.246 e. The van der Waals surface area contributed by atoms with Gasteiger partial charge in [-0.15, -0.1) is 0 Å². The summed E-state index contributed by atoms with van der Waals surface area (Å²) in [7, 11) is 0. The second-order valence-corrected chi connectivity index (χ2v) is 7.58. The lowest BCUT2D eigenvalue weighted by molar-refractivity contribution is 0.686. The molecule has 2 heterocycles. The molecule has 6 heteroatoms. The highest BCUT2D eigenvalue weighted by Gasteiger charge is 2.31. The number of aryl methyl sites for hydroxylation is 1. The highest BCUT2D eigenvalue weighted by Crippen LogP contribution is 2.35. The smallest absolute Gasteiger partial charge is 0.223 e. The quantitative estimate of drug-likeness (QED) is 0.550. The molecule has 2 aromatic carbocycles. The van der Waals surface area contributed by atoms with Gasteiger partial charge in [-0.1, -0.05) is 53.6 Å². The van der Waals surface area contributed by atoms with Gasteiger partial charge < -0.3 is 0 Å². The van der Waals surface area contributed by atoms with E-state index in [1.165, 1.54) is 11.1 Å². The second-order valence-electron chi connectivity index (χ2n) is 6.23. The molecule has 1 unspecified atom stereocenters. The van der Waals surface area contributed by atoms with Crippen molar-refractivity contribution in [1.29, 1.82) is 0 Å². The summed E-state index contributed by atoms with van der Waals surface area (Å²) in [6.07, 6.45) is 4.26. The number of hydrogen-bond donors (Lipinski definition) is 0. The number of nitrogens with zero attached hydrogens (tertiary/aromatic N) is 4. The topological polar surface area (TPSA) is 41.4 Å². The fraction of sp³-hybridized carbons (Fsp3) is 0.150. The zero-order valence-corrected chi connectivity index (χ0v) is 16.4. The van der Waals surface area contributed by atoms with E-state index in [-0.39, 0.29) is 6.04 Å². The maximum atomic E-state index is 6.02. The fourth-order valence-electron chi connectivity index (χ4n) is 2.98. The molecule has 4 nitrogen and oxygen atoms in total. The van der Waals surface area contributed by atoms with Crippen LogP contribution >= 0.6 is 27.5 Å². The minimum atomic E-state index is 0.0578. The molecule has 1 aromatic heterocycles. The molecular formula is C20H16BrClN4. The van der Waals surface area contributed by atoms with Gasteiger partial charge in [-0.25, -0.2) is 15.0 Å². The van der Waals surface area contributed by atoms with Crippen molar-refractivity contribution in [1.82, 2.24) is 9.97 Å². The van der Waals surface area contributed by atoms with Crippen molar-refractivity contribution in [3.63, 3.8) is 0 Å². The third-order valence-corrected chi connectivity index (χ3v) is 5.02. The van der Waals surface area contributed by atoms with Crippen molar-refractivity contribution in [2.45, 2.75) is 19.4 Å². The Morgan fingerprint density at radius 3 is 2.31 bits per heavy atom. The Bertz CT molecular complexity index is 937. The lowest BCUT2D eigenvalue weighted by Crippen LogP contribution is -2.20. The number of rotatable bonds is 3. The minimum Gasteiger partial charge on any atom is -0.223 e. The van der Waals surface area contributed by atoms with Crippen LogP contribution in [0, 0.1) is 6.92 Å². The summed E-state index contributed by atoms with van der Waals surface area (Å²) in [6.45, 7) is 2.09. The summed E-state index contributed by atoms with van der Waals surface area (Å²) in [4.78, 5) is 8.87. The third-order valence-electron chi connectivity index (χ3n) is 4.36. The van der Waals surface area contributed by atoms with E-state index >= 15 is 0 Å². The van der Waals surface area contributed by atoms with Crippen LogP contribution < -0.4 is 5.01 Å². The lowest BCUT2D eigenvalue weighted by Gasteiger charge is -2.21. The van der Waals surface area contributed by atoms with Crippen LogP contribution in [0.2, 0.25) is 5.02 Å². The van der Waals surface area contributed by atoms with E-state index in [9.17, 15) is 0 Å². The van der Waals surface area contributed by atoms with Crippen molar-refractivity contribution < 1.29 is 0 Å². The number of hydrazone groups is 1. The van der Waals surface area contributed by atoms with E-state index in [0.29, 0.717) is 5.95 Å². The molecule has 0 aliphatic carbocycles. The Kier molecular flexibility index (Phi) is 4.74. The van der Waals surface area contributed by atoms with Crippen LogP contribution in [0.5, 0.6) is 0 Å². The van der Waals surface area contributed by atoms with Crippen molar-refractivity contribution in [2.75, 3.05) is 5.01 Å². The van der Waals surface area contributed by atoms with E-state index in [2.05, 4.69) is 57.1 Å². The Morgan fingerprint density at radius 2 is 1.65 bits per heavy atom. The largest absolute Gasteiger partial charge is 0.246 e. The van der Waals surface area contributed by atoms with Gasteiger partial charge in [-0.05, 0) is 46.1 Å². The van der Waals surface area contributed by atoms with Crippen molar-refractivity contribution in [3.8, 4) is 0 Å². The first kappa shape index (κ1) is 17.2. The van der Waals surface area contributed by atoms with E-state index in [0.717, 1.165) is 27.2 Å². The molecule has 0 fully saturated rings. The van der Waals surface area contributed by atoms with E-state index in [4.69, 9.17) is 16.7 Å². The summed E-state index contributed by atoms with van der Waals surface area (Å²) >= 11 is 9.41. The Labute approximate surface area is 165 Å². The number of hydrogen-bond acceptors (Lipinski definition) is 4. The van der Waals surface area contributed by atoms with Crippen LogP contribution in [0.25, 0.3) is 0 Å². The molecule has 0 amide bonds. The normalized spacial score (nSPS) is 16.7. The average molecular weight is 428 g/mol. The van der Waals surface area contributed by atoms with Gasteiger partial charge in [0.15, 0.2) is 0 Å². The molecule has 1 atom stereocenters. The number of halogens is 2. The molecule has 0 spiro atoms. The second kappa shape index (κ2) is 7.17. The standard InChI is InChI=1S/C20H16BrClN4/c1-13-2-4-15(5-3-13)19-10-18(14-6-8-17(22)9-7-14)25-26(19)20-23-11-16(21)12-24-20/h2-9,11-12,19H,10H2,1H3. The van der Waals surface area contributed by atoms with Crippen LogP contribution in [-0.4, -0.2) is 15.7 Å². The summed E-state index contributed by atoms with van der Waals surface area (Å²) in [5.41, 5.74) is 4.48. The first-order chi connectivity index (χ1) is 12.6. The lowest BCUT2D eigenvalue weighted by atomic mass is 9.98. The van der Waals surface area contributed by atoms with Crippen LogP contribution in [0.4, 0.5) is 5.95 Å². The SMILES string of the molecule is Cc1ccc(C2CC(c3ccc(Cl)cc3)=NN2c2ncc(Br)cn2)cc1. The zero-order valence-electron chi connectivity index (χ0n) is 14.1. The van der Waals surface area contributed by atoms with Gasteiger partial charge in [0, 0.05) is 23.8 Å². The average Bonchev–Trinajstić information content (AvgIpc) is 3.09. The highest BCUT2D eigenvalue weighted by molar-refractivity contribution is 9.10. The van der Waals surface area contributed by atoms with Crippen molar-refractivity contribution >= 4 is 39.2 Å². The molecular weight excluding hydrogens is 412 g/mol. The van der Waals surface area contributed by atoms with Gasteiger partial charge in [0.1, 0.15) is 0 Å². The molecule has 0 N–H and O–H groups in total. The Morgan fingerprint density at radius 1 is 1.00 bits per heavy atom. The molecule has 1 aliphatic rings. The minimum absolute atomic E-state index is 0.0578. The van der Waals surface area contributed by atoms with Gasteiger partial charge in [-0.3, -0.25) is 0 Å². The highest BCUT2D eigenvalue weighted by atomic mass is 79.9. The maximum absolute atomic E-state index is 6.02. The van der Waals surface area contributed by atoms with Crippen LogP contribution in [0.1, 0.15) is 29.2 Å². The van der Waals surface area contributed by atoms with Crippen LogP contribution in [-0.2, 0) is 0 Å². The molecule has 0 radical (unpaired) electrons. The van der Waals surface area contributed by atoms with Crippen LogP contribution in [0.3, 0.4) is 0 Å². The molecule has 3 aromatic rings. The predicted molar refractivity (Wildman–Crippen MR) is 109 cm³/mol. The van der Waals surface area contributed by atoms with Gasteiger partial charge in [0.25, 0.3) is 0 Å². The molecule has 0 bridgehead atoms. The molecule has 4 rings (SSSR count). The summed E-state index contributed by atoms with van der Waals surface area (Å²) in [5, 5.41) is 7.46. The Balaban J connectivity index is 1.74. The van der Waals surface area contributed by atoms with Gasteiger partial charge in [-0.2, -0.15) is 5.10 Å². The van der Waals surface area contributed by atoms with E-state index in [1.54, 1.807) is 12.4 Å². The number of aromatic nitrogens is 2. The van der Waals surface area contributed by atoms with E-state index < -0.39 is 0 Å². The van der Waals surface area contributed by atoms with Gasteiger partial charge in [0.2, 0.25) is 5.95 Å². The van der Waals surface area contributed by atoms with Crippen molar-refractivity contribution in [2.24, 2.45) is 5.10 Å². The van der Waals surface area contributed by atoms with Gasteiger partial charge >= 0.3 is 0 Å². The first-order valence-electron chi connectivity index (χ1n) is 8.27. The third kappa shape index (κ3) is 3.50. The zero-order chi connectivity index (χ0) is 18.1. The molecule has 0 saturated carbocycles. The van der Waals surface area contributed by atoms with Crippen molar-refractivity contribution in [3.05, 3.63) is 87.1 Å².